The Labute approximate surface area is 131 Å². The Balaban J connectivity index is 2.54. The molecule has 0 aromatic carbocycles. The van der Waals surface area contributed by atoms with Gasteiger partial charge in [0.05, 0.1) is 0 Å². The summed E-state index contributed by atoms with van der Waals surface area (Å²) in [5.74, 6) is 2.71. The van der Waals surface area contributed by atoms with Crippen LogP contribution in [0.1, 0.15) is 84.2 Å². The normalized spacial score (nSPS) is 14.1. The molecule has 0 saturated carbocycles. The van der Waals surface area contributed by atoms with Gasteiger partial charge in [0.2, 0.25) is 0 Å². The van der Waals surface area contributed by atoms with Gasteiger partial charge in [-0.25, -0.2) is 9.97 Å². The summed E-state index contributed by atoms with van der Waals surface area (Å²) in [6.45, 7) is 9.24. The lowest BCUT2D eigenvalue weighted by Gasteiger charge is -2.23. The van der Waals surface area contributed by atoms with Gasteiger partial charge in [-0.1, -0.05) is 59.8 Å². The monoisotopic (exact) mass is 290 g/mol. The minimum absolute atomic E-state index is 0.831. The molecule has 0 spiro atoms. The molecule has 2 heteroatoms. The van der Waals surface area contributed by atoms with E-state index in [-0.39, 0.29) is 0 Å². The number of hydrogen-bond acceptors (Lipinski definition) is 2. The molecule has 1 heterocycles. The van der Waals surface area contributed by atoms with Crippen LogP contribution in [-0.2, 0) is 12.8 Å². The highest BCUT2D eigenvalue weighted by molar-refractivity contribution is 5.02. The molecule has 120 valence electrons. The highest BCUT2D eigenvalue weighted by Crippen LogP contribution is 2.26. The van der Waals surface area contributed by atoms with Crippen molar-refractivity contribution in [2.24, 2.45) is 11.8 Å². The first-order valence-electron chi connectivity index (χ1n) is 9.01. The van der Waals surface area contributed by atoms with E-state index in [9.17, 15) is 0 Å². The Bertz CT molecular complexity index is 376. The summed E-state index contributed by atoms with van der Waals surface area (Å²) in [6.07, 6.45) is 13.0. The Morgan fingerprint density at radius 2 is 1.71 bits per heavy atom. The molecule has 0 aliphatic carbocycles. The predicted molar refractivity (Wildman–Crippen MR) is 91.4 cm³/mol. The number of aryl methyl sites for hydroxylation is 2. The van der Waals surface area contributed by atoms with Crippen molar-refractivity contribution >= 4 is 0 Å². The van der Waals surface area contributed by atoms with Gasteiger partial charge in [0.25, 0.3) is 0 Å². The Hall–Kier alpha value is -0.920. The molecule has 2 nitrogen and oxygen atoms in total. The van der Waals surface area contributed by atoms with Gasteiger partial charge in [0.1, 0.15) is 5.82 Å². The van der Waals surface area contributed by atoms with E-state index in [2.05, 4.69) is 38.7 Å². The molecule has 0 amide bonds. The highest BCUT2D eigenvalue weighted by Gasteiger charge is 2.16. The molecule has 0 aliphatic rings. The summed E-state index contributed by atoms with van der Waals surface area (Å²) >= 11 is 0. The molecule has 1 aromatic heterocycles. The molecule has 0 N–H and O–H groups in total. The smallest absolute Gasteiger partial charge is 0.128 e. The van der Waals surface area contributed by atoms with Crippen molar-refractivity contribution in [3.63, 3.8) is 0 Å². The molecular weight excluding hydrogens is 256 g/mol. The zero-order valence-corrected chi connectivity index (χ0v) is 14.6. The third-order valence-corrected chi connectivity index (χ3v) is 4.50. The molecule has 0 fully saturated rings. The van der Waals surface area contributed by atoms with E-state index >= 15 is 0 Å². The fourth-order valence-corrected chi connectivity index (χ4v) is 3.15. The molecule has 0 aliphatic heterocycles. The Morgan fingerprint density at radius 1 is 0.952 bits per heavy atom. The van der Waals surface area contributed by atoms with Crippen LogP contribution in [0, 0.1) is 11.8 Å². The maximum absolute atomic E-state index is 4.74. The van der Waals surface area contributed by atoms with Gasteiger partial charge >= 0.3 is 0 Å². The summed E-state index contributed by atoms with van der Waals surface area (Å²) in [5.41, 5.74) is 1.22. The van der Waals surface area contributed by atoms with Crippen LogP contribution in [0.4, 0.5) is 0 Å². The molecule has 2 atom stereocenters. The molecule has 1 rings (SSSR count). The van der Waals surface area contributed by atoms with E-state index in [1.807, 2.05) is 6.20 Å². The Kier molecular flexibility index (Phi) is 9.29. The third kappa shape index (κ3) is 7.06. The Morgan fingerprint density at radius 3 is 2.38 bits per heavy atom. The van der Waals surface area contributed by atoms with E-state index in [1.54, 1.807) is 0 Å². The number of unbranched alkanes of at least 4 members (excludes halogenated alkanes) is 1. The second kappa shape index (κ2) is 10.8. The summed E-state index contributed by atoms with van der Waals surface area (Å²) in [4.78, 5) is 9.21. The van der Waals surface area contributed by atoms with E-state index in [4.69, 9.17) is 4.98 Å². The van der Waals surface area contributed by atoms with Crippen molar-refractivity contribution in [3.05, 3.63) is 23.8 Å². The average molecular weight is 290 g/mol. The molecule has 1 aromatic rings. The van der Waals surface area contributed by atoms with Crippen molar-refractivity contribution in [1.29, 1.82) is 0 Å². The van der Waals surface area contributed by atoms with Gasteiger partial charge in [-0.15, -0.1) is 0 Å². The number of nitrogens with zero attached hydrogens (tertiary/aromatic N) is 2. The largest absolute Gasteiger partial charge is 0.241 e. The van der Waals surface area contributed by atoms with Crippen LogP contribution in [0.3, 0.4) is 0 Å². The van der Waals surface area contributed by atoms with Crippen LogP contribution in [-0.4, -0.2) is 9.97 Å². The molecule has 0 radical (unpaired) electrons. The maximum atomic E-state index is 4.74. The first-order chi connectivity index (χ1) is 10.2. The molecule has 21 heavy (non-hydrogen) atoms. The molecule has 0 bridgehead atoms. The topological polar surface area (TPSA) is 25.8 Å². The van der Waals surface area contributed by atoms with Crippen molar-refractivity contribution in [3.8, 4) is 0 Å². The van der Waals surface area contributed by atoms with E-state index in [0.717, 1.165) is 30.5 Å². The number of rotatable bonds is 11. The van der Waals surface area contributed by atoms with Gasteiger partial charge in [-0.05, 0) is 37.2 Å². The van der Waals surface area contributed by atoms with Crippen molar-refractivity contribution in [2.45, 2.75) is 85.5 Å². The van der Waals surface area contributed by atoms with Gasteiger partial charge in [-0.2, -0.15) is 0 Å². The number of aromatic nitrogens is 2. The quantitative estimate of drug-likeness (QED) is 0.530. The lowest BCUT2D eigenvalue weighted by atomic mass is 9.83. The summed E-state index contributed by atoms with van der Waals surface area (Å²) in [7, 11) is 0. The van der Waals surface area contributed by atoms with Gasteiger partial charge in [0.15, 0.2) is 0 Å². The summed E-state index contributed by atoms with van der Waals surface area (Å²) < 4.78 is 0. The molecular formula is C19H34N2. The minimum Gasteiger partial charge on any atom is -0.241 e. The first kappa shape index (κ1) is 18.1. The SMILES string of the molecule is CCCCc1ccnc(CCC(CCC)C(C)CCC)n1. The third-order valence-electron chi connectivity index (χ3n) is 4.50. The van der Waals surface area contributed by atoms with Crippen LogP contribution < -0.4 is 0 Å². The standard InChI is InChI=1S/C19H34N2/c1-5-8-11-18-14-15-20-19(21-18)13-12-17(10-7-3)16(4)9-6-2/h14-17H,5-13H2,1-4H3. The van der Waals surface area contributed by atoms with Crippen LogP contribution >= 0.6 is 0 Å². The fraction of sp³-hybridized carbons (Fsp3) is 0.789. The van der Waals surface area contributed by atoms with Crippen molar-refractivity contribution < 1.29 is 0 Å². The van der Waals surface area contributed by atoms with Crippen molar-refractivity contribution in [2.75, 3.05) is 0 Å². The van der Waals surface area contributed by atoms with Crippen molar-refractivity contribution in [1.82, 2.24) is 9.97 Å². The van der Waals surface area contributed by atoms with E-state index in [1.165, 1.54) is 50.6 Å². The van der Waals surface area contributed by atoms with Gasteiger partial charge in [0, 0.05) is 18.3 Å². The fourth-order valence-electron chi connectivity index (χ4n) is 3.15. The van der Waals surface area contributed by atoms with Crippen LogP contribution in [0.2, 0.25) is 0 Å². The average Bonchev–Trinajstić information content (AvgIpc) is 2.50. The summed E-state index contributed by atoms with van der Waals surface area (Å²) in [5, 5.41) is 0. The molecule has 2 unspecified atom stereocenters. The van der Waals surface area contributed by atoms with Crippen LogP contribution in [0.25, 0.3) is 0 Å². The second-order valence-electron chi connectivity index (χ2n) is 6.42. The zero-order chi connectivity index (χ0) is 15.5. The zero-order valence-electron chi connectivity index (χ0n) is 14.6. The highest BCUT2D eigenvalue weighted by atomic mass is 14.9. The minimum atomic E-state index is 0.831. The first-order valence-corrected chi connectivity index (χ1v) is 9.01. The van der Waals surface area contributed by atoms with Crippen LogP contribution in [0.5, 0.6) is 0 Å². The lowest BCUT2D eigenvalue weighted by Crippen LogP contribution is -2.13. The van der Waals surface area contributed by atoms with Gasteiger partial charge in [-0.3, -0.25) is 0 Å². The molecule has 0 saturated heterocycles. The van der Waals surface area contributed by atoms with E-state index < -0.39 is 0 Å². The number of hydrogen-bond donors (Lipinski definition) is 0. The lowest BCUT2D eigenvalue weighted by molar-refractivity contribution is 0.293. The maximum Gasteiger partial charge on any atom is 0.128 e. The van der Waals surface area contributed by atoms with E-state index in [0.29, 0.717) is 0 Å². The summed E-state index contributed by atoms with van der Waals surface area (Å²) in [6, 6.07) is 2.07. The second-order valence-corrected chi connectivity index (χ2v) is 6.42. The van der Waals surface area contributed by atoms with Crippen LogP contribution in [0.15, 0.2) is 12.3 Å². The van der Waals surface area contributed by atoms with Gasteiger partial charge < -0.3 is 0 Å². The predicted octanol–water partition coefficient (Wildman–Crippen LogP) is 5.60.